The molecule has 4 nitrogen and oxygen atoms in total. The number of carbonyl (C=O) groups is 1. The first-order chi connectivity index (χ1) is 9.43. The van der Waals surface area contributed by atoms with Crippen LogP contribution < -0.4 is 5.73 Å². The molecule has 0 aliphatic carbocycles. The van der Waals surface area contributed by atoms with Gasteiger partial charge in [-0.2, -0.15) is 0 Å². The molecular formula is C13H9Cl3N2O2. The van der Waals surface area contributed by atoms with Crippen molar-refractivity contribution in [3.63, 3.8) is 0 Å². The normalized spacial score (nSPS) is 10.4. The monoisotopic (exact) mass is 330 g/mol. The molecule has 1 aromatic heterocycles. The minimum Gasteiger partial charge on any atom is -0.465 e. The van der Waals surface area contributed by atoms with Crippen LogP contribution in [0.2, 0.25) is 15.1 Å². The predicted molar refractivity (Wildman–Crippen MR) is 80.5 cm³/mol. The lowest BCUT2D eigenvalue weighted by atomic mass is 10.1. The summed E-state index contributed by atoms with van der Waals surface area (Å²) in [5, 5.41) is 1.00. The van der Waals surface area contributed by atoms with Crippen molar-refractivity contribution in [3.8, 4) is 11.3 Å². The van der Waals surface area contributed by atoms with Crippen molar-refractivity contribution in [2.24, 2.45) is 0 Å². The van der Waals surface area contributed by atoms with E-state index in [2.05, 4.69) is 9.72 Å². The van der Waals surface area contributed by atoms with Crippen molar-refractivity contribution in [1.82, 2.24) is 4.98 Å². The Morgan fingerprint density at radius 1 is 1.25 bits per heavy atom. The highest BCUT2D eigenvalue weighted by molar-refractivity contribution is 6.45. The highest BCUT2D eigenvalue weighted by Crippen LogP contribution is 2.37. The molecule has 1 heterocycles. The Balaban J connectivity index is 2.57. The highest BCUT2D eigenvalue weighted by atomic mass is 35.5. The van der Waals surface area contributed by atoms with Gasteiger partial charge in [0, 0.05) is 16.8 Å². The number of esters is 1. The van der Waals surface area contributed by atoms with Crippen molar-refractivity contribution in [3.05, 3.63) is 45.0 Å². The van der Waals surface area contributed by atoms with Crippen molar-refractivity contribution in [2.45, 2.75) is 0 Å². The van der Waals surface area contributed by atoms with Crippen LogP contribution in [0.1, 0.15) is 10.4 Å². The molecule has 0 saturated heterocycles. The number of aromatic nitrogens is 1. The molecule has 0 spiro atoms. The van der Waals surface area contributed by atoms with Gasteiger partial charge < -0.3 is 10.5 Å². The number of nitrogens with zero attached hydrogens (tertiary/aromatic N) is 1. The SMILES string of the molecule is COC(=O)c1cnc(-c2cc(Cl)cc(Cl)c2Cl)c(N)c1. The number of benzene rings is 1. The van der Waals surface area contributed by atoms with E-state index in [1.165, 1.54) is 25.4 Å². The summed E-state index contributed by atoms with van der Waals surface area (Å²) in [6.07, 6.45) is 1.35. The van der Waals surface area contributed by atoms with Gasteiger partial charge in [0.25, 0.3) is 0 Å². The zero-order valence-electron chi connectivity index (χ0n) is 10.3. The van der Waals surface area contributed by atoms with Crippen LogP contribution in [0, 0.1) is 0 Å². The quantitative estimate of drug-likeness (QED) is 0.665. The van der Waals surface area contributed by atoms with Crippen molar-refractivity contribution in [1.29, 1.82) is 0 Å². The Bertz CT molecular complexity index is 690. The van der Waals surface area contributed by atoms with Crippen LogP contribution in [0.4, 0.5) is 5.69 Å². The number of halogens is 3. The third-order valence-corrected chi connectivity index (χ3v) is 3.61. The average molecular weight is 332 g/mol. The lowest BCUT2D eigenvalue weighted by Gasteiger charge is -2.10. The third-order valence-electron chi connectivity index (χ3n) is 2.59. The molecule has 0 radical (unpaired) electrons. The summed E-state index contributed by atoms with van der Waals surface area (Å²) >= 11 is 18.0. The van der Waals surface area contributed by atoms with E-state index >= 15 is 0 Å². The Morgan fingerprint density at radius 3 is 2.55 bits per heavy atom. The molecule has 1 aromatic carbocycles. The van der Waals surface area contributed by atoms with Gasteiger partial charge in [-0.05, 0) is 18.2 Å². The third kappa shape index (κ3) is 2.82. The van der Waals surface area contributed by atoms with E-state index < -0.39 is 5.97 Å². The van der Waals surface area contributed by atoms with Gasteiger partial charge in [-0.15, -0.1) is 0 Å². The van der Waals surface area contributed by atoms with Gasteiger partial charge in [-0.1, -0.05) is 34.8 Å². The molecule has 20 heavy (non-hydrogen) atoms. The topological polar surface area (TPSA) is 65.2 Å². The number of pyridine rings is 1. The number of methoxy groups -OCH3 is 1. The van der Waals surface area contributed by atoms with E-state index in [0.29, 0.717) is 26.3 Å². The van der Waals surface area contributed by atoms with Gasteiger partial charge in [0.1, 0.15) is 0 Å². The minimum absolute atomic E-state index is 0.248. The number of carbonyl (C=O) groups excluding carboxylic acids is 1. The summed E-state index contributed by atoms with van der Waals surface area (Å²) in [4.78, 5) is 15.5. The van der Waals surface area contributed by atoms with Gasteiger partial charge in [-0.3, -0.25) is 4.98 Å². The van der Waals surface area contributed by atoms with E-state index in [1.807, 2.05) is 0 Å². The maximum Gasteiger partial charge on any atom is 0.339 e. The summed E-state index contributed by atoms with van der Waals surface area (Å²) in [6, 6.07) is 4.58. The first kappa shape index (κ1) is 14.9. The number of hydrogen-bond donors (Lipinski definition) is 1. The Morgan fingerprint density at radius 2 is 1.95 bits per heavy atom. The van der Waals surface area contributed by atoms with Gasteiger partial charge >= 0.3 is 5.97 Å². The van der Waals surface area contributed by atoms with Gasteiger partial charge in [0.15, 0.2) is 0 Å². The average Bonchev–Trinajstić information content (AvgIpc) is 2.42. The van der Waals surface area contributed by atoms with E-state index in [-0.39, 0.29) is 11.3 Å². The highest BCUT2D eigenvalue weighted by Gasteiger charge is 2.15. The van der Waals surface area contributed by atoms with Crippen LogP contribution in [0.15, 0.2) is 24.4 Å². The fourth-order valence-corrected chi connectivity index (χ4v) is 2.36. The van der Waals surface area contributed by atoms with Crippen molar-refractivity contribution < 1.29 is 9.53 Å². The fraction of sp³-hybridized carbons (Fsp3) is 0.0769. The van der Waals surface area contributed by atoms with E-state index in [1.54, 1.807) is 6.07 Å². The largest absolute Gasteiger partial charge is 0.465 e. The van der Waals surface area contributed by atoms with Gasteiger partial charge in [-0.25, -0.2) is 4.79 Å². The van der Waals surface area contributed by atoms with Crippen LogP contribution in [0.5, 0.6) is 0 Å². The first-order valence-electron chi connectivity index (χ1n) is 5.42. The minimum atomic E-state index is -0.522. The van der Waals surface area contributed by atoms with Gasteiger partial charge in [0.2, 0.25) is 0 Å². The Labute approximate surface area is 130 Å². The second-order valence-electron chi connectivity index (χ2n) is 3.90. The first-order valence-corrected chi connectivity index (χ1v) is 6.56. The smallest absolute Gasteiger partial charge is 0.339 e. The molecule has 0 aliphatic heterocycles. The standard InChI is InChI=1S/C13H9Cl3N2O2/c1-20-13(19)6-2-10(17)12(18-5-6)8-3-7(14)4-9(15)11(8)16/h2-5H,17H2,1H3. The molecule has 2 N–H and O–H groups in total. The van der Waals surface area contributed by atoms with Crippen LogP contribution >= 0.6 is 34.8 Å². The van der Waals surface area contributed by atoms with Crippen molar-refractivity contribution >= 4 is 46.5 Å². The number of anilines is 1. The molecule has 7 heteroatoms. The second-order valence-corrected chi connectivity index (χ2v) is 5.12. The number of nitrogen functional groups attached to an aromatic ring is 1. The van der Waals surface area contributed by atoms with Crippen LogP contribution in [-0.4, -0.2) is 18.1 Å². The van der Waals surface area contributed by atoms with Gasteiger partial charge in [0.05, 0.1) is 34.1 Å². The lowest BCUT2D eigenvalue weighted by Crippen LogP contribution is -2.04. The van der Waals surface area contributed by atoms with Crippen molar-refractivity contribution in [2.75, 3.05) is 12.8 Å². The van der Waals surface area contributed by atoms with E-state index in [9.17, 15) is 4.79 Å². The Kier molecular flexibility index (Phi) is 4.38. The van der Waals surface area contributed by atoms with Crippen LogP contribution in [0.3, 0.4) is 0 Å². The van der Waals surface area contributed by atoms with E-state index in [4.69, 9.17) is 40.5 Å². The second kappa shape index (κ2) is 5.87. The zero-order chi connectivity index (χ0) is 14.9. The lowest BCUT2D eigenvalue weighted by molar-refractivity contribution is 0.0600. The van der Waals surface area contributed by atoms with E-state index in [0.717, 1.165) is 0 Å². The summed E-state index contributed by atoms with van der Waals surface area (Å²) in [5.41, 5.74) is 7.31. The molecule has 0 atom stereocenters. The number of rotatable bonds is 2. The molecule has 0 fully saturated rings. The predicted octanol–water partition coefficient (Wildman–Crippen LogP) is 4.08. The molecule has 0 bridgehead atoms. The molecular weight excluding hydrogens is 323 g/mol. The zero-order valence-corrected chi connectivity index (χ0v) is 12.6. The summed E-state index contributed by atoms with van der Waals surface area (Å²) in [5.74, 6) is -0.522. The summed E-state index contributed by atoms with van der Waals surface area (Å²) in [7, 11) is 1.28. The molecule has 0 aliphatic rings. The number of hydrogen-bond acceptors (Lipinski definition) is 4. The molecule has 0 amide bonds. The molecule has 0 saturated carbocycles. The molecule has 2 aromatic rings. The summed E-state index contributed by atoms with van der Waals surface area (Å²) < 4.78 is 4.60. The van der Waals surface area contributed by atoms with Crippen LogP contribution in [0.25, 0.3) is 11.3 Å². The number of ether oxygens (including phenoxy) is 1. The summed E-state index contributed by atoms with van der Waals surface area (Å²) in [6.45, 7) is 0. The maximum atomic E-state index is 11.4. The molecule has 2 rings (SSSR count). The maximum absolute atomic E-state index is 11.4. The number of nitrogens with two attached hydrogens (primary N) is 1. The van der Waals surface area contributed by atoms with Crippen LogP contribution in [-0.2, 0) is 4.74 Å². The fourth-order valence-electron chi connectivity index (χ4n) is 1.66. The Hall–Kier alpha value is -1.49. The molecule has 0 unspecified atom stereocenters. The molecule has 104 valence electrons.